The molecule has 0 unspecified atom stereocenters. The van der Waals surface area contributed by atoms with E-state index in [9.17, 15) is 26.4 Å². The molecular formula is C26H20ClF3N2O3S. The SMILES string of the molecule is O=c1c(CN(c2cccc(C(F)(F)F)c2)S(=O)(=O)c2ccc(Cl)cc2)cc2cccc3c2n1CCC3. The van der Waals surface area contributed by atoms with Crippen LogP contribution in [0.1, 0.15) is 23.1 Å². The Morgan fingerprint density at radius 1 is 0.972 bits per heavy atom. The molecule has 0 fully saturated rings. The minimum atomic E-state index is -4.67. The molecule has 5 rings (SSSR count). The fraction of sp³-hybridized carbons (Fsp3) is 0.192. The Balaban J connectivity index is 1.69. The predicted molar refractivity (Wildman–Crippen MR) is 133 cm³/mol. The lowest BCUT2D eigenvalue weighted by molar-refractivity contribution is -0.137. The van der Waals surface area contributed by atoms with Gasteiger partial charge in [0.15, 0.2) is 0 Å². The number of pyridine rings is 1. The summed E-state index contributed by atoms with van der Waals surface area (Å²) in [7, 11) is -4.36. The van der Waals surface area contributed by atoms with E-state index in [1.807, 2.05) is 18.2 Å². The van der Waals surface area contributed by atoms with Gasteiger partial charge in [0.1, 0.15) is 0 Å². The summed E-state index contributed by atoms with van der Waals surface area (Å²) in [6, 6.07) is 16.7. The van der Waals surface area contributed by atoms with Gasteiger partial charge >= 0.3 is 6.18 Å². The Hall–Kier alpha value is -3.30. The molecule has 1 aliphatic heterocycles. The second-order valence-electron chi connectivity index (χ2n) is 8.60. The van der Waals surface area contributed by atoms with Crippen LogP contribution in [-0.2, 0) is 35.7 Å². The second-order valence-corrected chi connectivity index (χ2v) is 10.9. The molecule has 5 nitrogen and oxygen atoms in total. The van der Waals surface area contributed by atoms with Crippen LogP contribution in [0.2, 0.25) is 5.02 Å². The third-order valence-corrected chi connectivity index (χ3v) is 8.32. The molecule has 0 radical (unpaired) electrons. The first-order valence-electron chi connectivity index (χ1n) is 11.2. The van der Waals surface area contributed by atoms with Crippen LogP contribution in [0.4, 0.5) is 18.9 Å². The Bertz CT molecular complexity index is 1630. The number of aromatic nitrogens is 1. The average Bonchev–Trinajstić information content (AvgIpc) is 2.85. The van der Waals surface area contributed by atoms with E-state index < -0.39 is 28.3 Å². The molecule has 0 N–H and O–H groups in total. The molecule has 36 heavy (non-hydrogen) atoms. The molecular weight excluding hydrogens is 513 g/mol. The van der Waals surface area contributed by atoms with Crippen LogP contribution >= 0.6 is 11.6 Å². The van der Waals surface area contributed by atoms with Crippen molar-refractivity contribution >= 4 is 38.2 Å². The zero-order chi connectivity index (χ0) is 25.7. The molecule has 3 aromatic carbocycles. The number of hydrogen-bond acceptors (Lipinski definition) is 3. The third-order valence-electron chi connectivity index (χ3n) is 6.28. The van der Waals surface area contributed by atoms with Gasteiger partial charge in [-0.15, -0.1) is 0 Å². The number of para-hydroxylation sites is 1. The molecule has 186 valence electrons. The van der Waals surface area contributed by atoms with E-state index in [2.05, 4.69) is 0 Å². The summed E-state index contributed by atoms with van der Waals surface area (Å²) < 4.78 is 70.3. The quantitative estimate of drug-likeness (QED) is 0.316. The Morgan fingerprint density at radius 2 is 1.69 bits per heavy atom. The summed E-state index contributed by atoms with van der Waals surface area (Å²) in [5.74, 6) is 0. The van der Waals surface area contributed by atoms with Gasteiger partial charge in [-0.3, -0.25) is 9.10 Å². The van der Waals surface area contributed by atoms with Crippen molar-refractivity contribution in [3.05, 3.63) is 105 Å². The number of rotatable bonds is 5. The zero-order valence-electron chi connectivity index (χ0n) is 18.8. The number of halogens is 4. The van der Waals surface area contributed by atoms with Crippen molar-refractivity contribution in [2.24, 2.45) is 0 Å². The minimum Gasteiger partial charge on any atom is -0.308 e. The van der Waals surface area contributed by atoms with Crippen molar-refractivity contribution in [1.82, 2.24) is 4.57 Å². The minimum absolute atomic E-state index is 0.158. The number of sulfonamides is 1. The normalized spacial score (nSPS) is 13.7. The molecule has 0 spiro atoms. The Labute approximate surface area is 210 Å². The van der Waals surface area contributed by atoms with Gasteiger partial charge in [-0.1, -0.05) is 35.9 Å². The average molecular weight is 533 g/mol. The highest BCUT2D eigenvalue weighted by molar-refractivity contribution is 7.92. The van der Waals surface area contributed by atoms with Crippen LogP contribution in [0.5, 0.6) is 0 Å². The van der Waals surface area contributed by atoms with Crippen LogP contribution in [-0.4, -0.2) is 13.0 Å². The van der Waals surface area contributed by atoms with Gasteiger partial charge in [0.2, 0.25) is 0 Å². The molecule has 4 aromatic rings. The van der Waals surface area contributed by atoms with Crippen LogP contribution in [0.15, 0.2) is 82.5 Å². The molecule has 2 heterocycles. The van der Waals surface area contributed by atoms with Gasteiger partial charge in [-0.05, 0) is 72.3 Å². The largest absolute Gasteiger partial charge is 0.416 e. The number of alkyl halides is 3. The van der Waals surface area contributed by atoms with Gasteiger partial charge in [-0.2, -0.15) is 13.2 Å². The molecule has 0 aliphatic carbocycles. The first-order chi connectivity index (χ1) is 17.1. The highest BCUT2D eigenvalue weighted by Crippen LogP contribution is 2.34. The topological polar surface area (TPSA) is 59.4 Å². The Morgan fingerprint density at radius 3 is 2.42 bits per heavy atom. The lowest BCUT2D eigenvalue weighted by atomic mass is 10.00. The van der Waals surface area contributed by atoms with Crippen molar-refractivity contribution in [2.75, 3.05) is 4.31 Å². The summed E-state index contributed by atoms with van der Waals surface area (Å²) in [5, 5.41) is 1.08. The molecule has 1 aromatic heterocycles. The van der Waals surface area contributed by atoms with E-state index >= 15 is 0 Å². The van der Waals surface area contributed by atoms with Gasteiger partial charge in [0, 0.05) is 17.1 Å². The molecule has 1 aliphatic rings. The Kier molecular flexibility index (Phi) is 6.08. The summed E-state index contributed by atoms with van der Waals surface area (Å²) in [6.07, 6.45) is -3.08. The maximum Gasteiger partial charge on any atom is 0.416 e. The number of nitrogens with zero attached hydrogens (tertiary/aromatic N) is 2. The molecule has 0 saturated carbocycles. The highest BCUT2D eigenvalue weighted by atomic mass is 35.5. The van der Waals surface area contributed by atoms with Crippen molar-refractivity contribution < 1.29 is 21.6 Å². The number of anilines is 1. The summed E-state index contributed by atoms with van der Waals surface area (Å²) in [4.78, 5) is 13.3. The molecule has 0 bridgehead atoms. The van der Waals surface area contributed by atoms with Gasteiger partial charge < -0.3 is 4.57 Å². The maximum atomic E-state index is 13.7. The van der Waals surface area contributed by atoms with Crippen molar-refractivity contribution in [3.8, 4) is 0 Å². The summed E-state index contributed by atoms with van der Waals surface area (Å²) in [6.45, 7) is 0.0406. The first-order valence-corrected chi connectivity index (χ1v) is 13.0. The van der Waals surface area contributed by atoms with Gasteiger partial charge in [-0.25, -0.2) is 8.42 Å². The first kappa shape index (κ1) is 24.4. The fourth-order valence-electron chi connectivity index (χ4n) is 4.58. The molecule has 0 amide bonds. The van der Waals surface area contributed by atoms with E-state index in [0.717, 1.165) is 51.8 Å². The van der Waals surface area contributed by atoms with Crippen LogP contribution in [0.3, 0.4) is 0 Å². The van der Waals surface area contributed by atoms with Gasteiger partial charge in [0.05, 0.1) is 28.2 Å². The second kappa shape index (κ2) is 8.97. The zero-order valence-corrected chi connectivity index (χ0v) is 20.4. The summed E-state index contributed by atoms with van der Waals surface area (Å²) >= 11 is 5.91. The molecule has 0 saturated heterocycles. The van der Waals surface area contributed by atoms with E-state index in [4.69, 9.17) is 11.6 Å². The van der Waals surface area contributed by atoms with E-state index in [0.29, 0.717) is 11.6 Å². The number of benzene rings is 3. The molecule has 0 atom stereocenters. The standard InChI is InChI=1S/C26H20ClF3N2O3S/c27-21-9-11-23(12-10-21)36(34,35)32(22-8-2-7-20(15-22)26(28,29)30)16-19-14-18-5-1-4-17-6-3-13-31(24(17)18)25(19)33/h1-2,4-5,7-12,14-15H,3,6,13,16H2. The number of aryl methyl sites for hydroxylation is 2. The lowest BCUT2D eigenvalue weighted by Crippen LogP contribution is -2.35. The smallest absolute Gasteiger partial charge is 0.308 e. The lowest BCUT2D eigenvalue weighted by Gasteiger charge is -2.26. The maximum absolute atomic E-state index is 13.7. The van der Waals surface area contributed by atoms with E-state index in [-0.39, 0.29) is 21.7 Å². The van der Waals surface area contributed by atoms with Crippen molar-refractivity contribution in [3.63, 3.8) is 0 Å². The van der Waals surface area contributed by atoms with Crippen molar-refractivity contribution in [1.29, 1.82) is 0 Å². The monoisotopic (exact) mass is 532 g/mol. The predicted octanol–water partition coefficient (Wildman–Crippen LogP) is 6.02. The van der Waals surface area contributed by atoms with Crippen LogP contribution in [0, 0.1) is 0 Å². The van der Waals surface area contributed by atoms with Crippen LogP contribution < -0.4 is 9.86 Å². The summed E-state index contributed by atoms with van der Waals surface area (Å²) in [5.41, 5.74) is 0.446. The highest BCUT2D eigenvalue weighted by Gasteiger charge is 2.33. The molecule has 10 heteroatoms. The van der Waals surface area contributed by atoms with E-state index in [1.165, 1.54) is 30.3 Å². The van der Waals surface area contributed by atoms with Gasteiger partial charge in [0.25, 0.3) is 15.6 Å². The fourth-order valence-corrected chi connectivity index (χ4v) is 6.14. The van der Waals surface area contributed by atoms with E-state index in [1.54, 1.807) is 10.6 Å². The third kappa shape index (κ3) is 4.37. The van der Waals surface area contributed by atoms with Crippen LogP contribution in [0.25, 0.3) is 10.9 Å². The van der Waals surface area contributed by atoms with Crippen molar-refractivity contribution in [2.45, 2.75) is 37.0 Å². The number of hydrogen-bond donors (Lipinski definition) is 0.